The molecule has 0 aliphatic carbocycles. The molecule has 0 bridgehead atoms. The van der Waals surface area contributed by atoms with Crippen molar-refractivity contribution in [2.75, 3.05) is 11.9 Å². The lowest BCUT2D eigenvalue weighted by Crippen LogP contribution is -2.54. The van der Waals surface area contributed by atoms with Crippen molar-refractivity contribution in [1.82, 2.24) is 9.80 Å². The van der Waals surface area contributed by atoms with E-state index in [0.29, 0.717) is 18.1 Å². The predicted molar refractivity (Wildman–Crippen MR) is 129 cm³/mol. The Bertz CT molecular complexity index is 1120. The highest BCUT2D eigenvalue weighted by Crippen LogP contribution is 2.74. The third kappa shape index (κ3) is 2.07. The molecular formula is C26H24IN3. The van der Waals surface area contributed by atoms with Crippen molar-refractivity contribution in [2.45, 2.75) is 40.2 Å². The molecule has 7 rings (SSSR count). The summed E-state index contributed by atoms with van der Waals surface area (Å²) in [7, 11) is 0. The number of fused-ring (bicyclic) bond motifs is 4. The molecule has 0 amide bonds. The lowest BCUT2D eigenvalue weighted by Gasteiger charge is -2.41. The molecule has 3 fully saturated rings. The number of nitrogens with zero attached hydrogens (tertiary/aromatic N) is 2. The average molecular weight is 505 g/mol. The number of halogens is 1. The van der Waals surface area contributed by atoms with E-state index in [1.54, 1.807) is 0 Å². The van der Waals surface area contributed by atoms with E-state index in [1.165, 1.54) is 28.8 Å². The molecule has 3 nitrogen and oxygen atoms in total. The van der Waals surface area contributed by atoms with Gasteiger partial charge in [-0.1, -0.05) is 78.9 Å². The third-order valence-corrected chi connectivity index (χ3v) is 9.68. The molecule has 6 atom stereocenters. The fourth-order valence-corrected chi connectivity index (χ4v) is 8.59. The molecule has 30 heavy (non-hydrogen) atoms. The van der Waals surface area contributed by atoms with Crippen LogP contribution >= 0.6 is 22.6 Å². The number of alkyl halides is 1. The molecule has 4 aliphatic rings. The maximum Gasteiger partial charge on any atom is 0.156 e. The van der Waals surface area contributed by atoms with Crippen LogP contribution in [-0.4, -0.2) is 32.1 Å². The topological polar surface area (TPSA) is 18.3 Å². The van der Waals surface area contributed by atoms with E-state index in [9.17, 15) is 0 Å². The highest BCUT2D eigenvalue weighted by molar-refractivity contribution is 14.1. The Morgan fingerprint density at radius 1 is 0.900 bits per heavy atom. The van der Waals surface area contributed by atoms with Gasteiger partial charge in [0.15, 0.2) is 3.67 Å². The third-order valence-electron chi connectivity index (χ3n) is 7.89. The van der Waals surface area contributed by atoms with Crippen LogP contribution in [0.25, 0.3) is 0 Å². The van der Waals surface area contributed by atoms with Crippen LogP contribution in [0.2, 0.25) is 0 Å². The maximum absolute atomic E-state index is 4.00. The first-order valence-electron chi connectivity index (χ1n) is 10.9. The van der Waals surface area contributed by atoms with Crippen LogP contribution in [0.15, 0.2) is 84.9 Å². The van der Waals surface area contributed by atoms with Crippen molar-refractivity contribution >= 4 is 28.3 Å². The molecule has 1 N–H and O–H groups in total. The quantitative estimate of drug-likeness (QED) is 0.230. The Labute approximate surface area is 191 Å². The molecule has 3 aromatic rings. The van der Waals surface area contributed by atoms with Gasteiger partial charge in [0.25, 0.3) is 0 Å². The van der Waals surface area contributed by atoms with E-state index in [4.69, 9.17) is 0 Å². The molecule has 1 spiro atoms. The van der Waals surface area contributed by atoms with Gasteiger partial charge in [0.05, 0.1) is 11.5 Å². The van der Waals surface area contributed by atoms with Crippen LogP contribution in [0.3, 0.4) is 0 Å². The van der Waals surface area contributed by atoms with Crippen LogP contribution < -0.4 is 5.32 Å². The van der Waals surface area contributed by atoms with Crippen LogP contribution in [0.1, 0.15) is 29.2 Å². The fourth-order valence-electron chi connectivity index (χ4n) is 6.80. The summed E-state index contributed by atoms with van der Waals surface area (Å²) < 4.78 is -0.0598. The minimum absolute atomic E-state index is 0.0598. The van der Waals surface area contributed by atoms with Crippen LogP contribution in [0.4, 0.5) is 5.69 Å². The van der Waals surface area contributed by atoms with Crippen molar-refractivity contribution in [3.05, 3.63) is 102 Å². The lowest BCUT2D eigenvalue weighted by atomic mass is 9.72. The molecule has 0 radical (unpaired) electrons. The summed E-state index contributed by atoms with van der Waals surface area (Å²) in [6.45, 7) is 2.19. The number of benzene rings is 3. The number of hydrogen-bond acceptors (Lipinski definition) is 3. The second-order valence-electron chi connectivity index (χ2n) is 9.17. The predicted octanol–water partition coefficient (Wildman–Crippen LogP) is 5.15. The van der Waals surface area contributed by atoms with Gasteiger partial charge in [0.1, 0.15) is 0 Å². The molecule has 150 valence electrons. The van der Waals surface area contributed by atoms with Gasteiger partial charge < -0.3 is 5.32 Å². The molecule has 4 heteroatoms. The summed E-state index contributed by atoms with van der Waals surface area (Å²) in [4.78, 5) is 5.55. The second kappa shape index (κ2) is 6.09. The van der Waals surface area contributed by atoms with Crippen molar-refractivity contribution in [3.8, 4) is 0 Å². The molecule has 3 aromatic carbocycles. The lowest BCUT2D eigenvalue weighted by molar-refractivity contribution is 0.203. The van der Waals surface area contributed by atoms with Gasteiger partial charge in [-0.3, -0.25) is 9.80 Å². The van der Waals surface area contributed by atoms with E-state index >= 15 is 0 Å². The van der Waals surface area contributed by atoms with Crippen LogP contribution in [0.5, 0.6) is 0 Å². The van der Waals surface area contributed by atoms with Gasteiger partial charge in [-0.15, -0.1) is 0 Å². The number of para-hydroxylation sites is 1. The van der Waals surface area contributed by atoms with Gasteiger partial charge >= 0.3 is 0 Å². The number of nitrogens with one attached hydrogen (secondary N) is 1. The summed E-state index contributed by atoms with van der Waals surface area (Å²) in [5.74, 6) is 0. The fraction of sp³-hybridized carbons (Fsp3) is 0.308. The van der Waals surface area contributed by atoms with E-state index in [-0.39, 0.29) is 9.08 Å². The Kier molecular flexibility index (Phi) is 3.60. The van der Waals surface area contributed by atoms with Crippen LogP contribution in [-0.2, 0) is 12.0 Å². The largest absolute Gasteiger partial charge is 0.358 e. The molecular weight excluding hydrogens is 481 g/mol. The zero-order valence-corrected chi connectivity index (χ0v) is 18.9. The molecule has 0 saturated carbocycles. The smallest absolute Gasteiger partial charge is 0.156 e. The molecule has 4 heterocycles. The highest BCUT2D eigenvalue weighted by atomic mass is 127. The van der Waals surface area contributed by atoms with Gasteiger partial charge in [-0.25, -0.2) is 0 Å². The molecule has 3 saturated heterocycles. The van der Waals surface area contributed by atoms with Gasteiger partial charge in [0.2, 0.25) is 0 Å². The summed E-state index contributed by atoms with van der Waals surface area (Å²) >= 11 is 2.76. The van der Waals surface area contributed by atoms with E-state index in [2.05, 4.69) is 123 Å². The van der Waals surface area contributed by atoms with Gasteiger partial charge in [-0.2, -0.15) is 0 Å². The standard InChI is InChI=1S/C26H24IN3/c27-26-25(20-13-7-8-14-21(20)28-26)15-16-29(17-18-9-3-1-4-10-18)24(25)23-22(30(23)26)19-11-5-2-6-12-19/h1-14,22-24,28H,15-17H2/t22?,23?,24-,25+,26?,30-/m1/s1. The molecule has 3 unspecified atom stereocenters. The Morgan fingerprint density at radius 3 is 2.40 bits per heavy atom. The second-order valence-corrected chi connectivity index (χ2v) is 10.7. The van der Waals surface area contributed by atoms with E-state index in [0.717, 1.165) is 13.1 Å². The van der Waals surface area contributed by atoms with Crippen molar-refractivity contribution in [1.29, 1.82) is 0 Å². The zero-order chi connectivity index (χ0) is 19.9. The highest BCUT2D eigenvalue weighted by Gasteiger charge is 2.83. The van der Waals surface area contributed by atoms with Crippen molar-refractivity contribution < 1.29 is 0 Å². The minimum atomic E-state index is -0.0598. The number of rotatable bonds is 3. The summed E-state index contributed by atoms with van der Waals surface area (Å²) in [5.41, 5.74) is 5.88. The first kappa shape index (κ1) is 17.8. The first-order chi connectivity index (χ1) is 14.7. The normalized spacial score (nSPS) is 37.8. The number of anilines is 1. The zero-order valence-electron chi connectivity index (χ0n) is 16.7. The minimum Gasteiger partial charge on any atom is -0.358 e. The Morgan fingerprint density at radius 2 is 1.60 bits per heavy atom. The summed E-state index contributed by atoms with van der Waals surface area (Å²) in [6, 6.07) is 32.8. The van der Waals surface area contributed by atoms with Crippen LogP contribution in [0, 0.1) is 0 Å². The van der Waals surface area contributed by atoms with Crippen molar-refractivity contribution in [2.24, 2.45) is 0 Å². The van der Waals surface area contributed by atoms with Crippen molar-refractivity contribution in [3.63, 3.8) is 0 Å². The number of piperidine rings is 1. The Hall–Kier alpha value is -1.89. The van der Waals surface area contributed by atoms with Gasteiger partial charge in [-0.05, 0) is 58.3 Å². The van der Waals surface area contributed by atoms with E-state index < -0.39 is 0 Å². The van der Waals surface area contributed by atoms with E-state index in [1.807, 2.05) is 0 Å². The molecule has 4 aliphatic heterocycles. The monoisotopic (exact) mass is 505 g/mol. The maximum atomic E-state index is 4.00. The number of likely N-dealkylation sites (tertiary alicyclic amines) is 1. The average Bonchev–Trinajstić information content (AvgIpc) is 3.24. The summed E-state index contributed by atoms with van der Waals surface area (Å²) in [6.07, 6.45) is 1.21. The SMILES string of the molecule is IC12Nc3ccccc3[C@]13CCN(Cc1ccccc1)[C@@H]3C1C(c3ccccc3)[N@]12. The van der Waals surface area contributed by atoms with Gasteiger partial charge in [0, 0.05) is 24.3 Å². The Balaban J connectivity index is 1.35. The number of hydrogen-bond donors (Lipinski definition) is 1. The summed E-state index contributed by atoms with van der Waals surface area (Å²) in [5, 5.41) is 4.00. The molecule has 0 aromatic heterocycles. The first-order valence-corrected chi connectivity index (χ1v) is 12.0.